The van der Waals surface area contributed by atoms with Crippen LogP contribution < -0.4 is 0 Å². The van der Waals surface area contributed by atoms with Crippen molar-refractivity contribution in [2.75, 3.05) is 0 Å². The second kappa shape index (κ2) is 8.02. The maximum Gasteiger partial charge on any atom is 0.135 e. The van der Waals surface area contributed by atoms with Gasteiger partial charge in [-0.05, 0) is 12.3 Å². The van der Waals surface area contributed by atoms with Gasteiger partial charge in [-0.3, -0.25) is 4.79 Å². The molecule has 14 heavy (non-hydrogen) atoms. The molecule has 2 atom stereocenters. The smallest absolute Gasteiger partial charge is 0.135 e. The number of carbonyl (C=O) groups excluding carboxylic acids is 1. The summed E-state index contributed by atoms with van der Waals surface area (Å²) in [6, 6.07) is 0. The zero-order valence-electron chi connectivity index (χ0n) is 10.3. The summed E-state index contributed by atoms with van der Waals surface area (Å²) in [5.41, 5.74) is 0. The highest BCUT2D eigenvalue weighted by atomic mass is 16.1. The SMILES string of the molecule is CCCCC[C@@H](C)[C@@H](CC)C(=O)CC. The van der Waals surface area contributed by atoms with Crippen molar-refractivity contribution in [1.29, 1.82) is 0 Å². The molecular weight excluding hydrogens is 172 g/mol. The van der Waals surface area contributed by atoms with Gasteiger partial charge in [-0.15, -0.1) is 0 Å². The highest BCUT2D eigenvalue weighted by Gasteiger charge is 2.20. The quantitative estimate of drug-likeness (QED) is 0.534. The van der Waals surface area contributed by atoms with Crippen LogP contribution in [0.15, 0.2) is 0 Å². The summed E-state index contributed by atoms with van der Waals surface area (Å²) in [7, 11) is 0. The molecule has 0 heterocycles. The predicted molar refractivity (Wildman–Crippen MR) is 62.4 cm³/mol. The van der Waals surface area contributed by atoms with E-state index in [1.165, 1.54) is 25.7 Å². The molecule has 0 N–H and O–H groups in total. The number of Topliss-reactive ketones (excluding diaryl/α,β-unsaturated/α-hetero) is 1. The highest BCUT2D eigenvalue weighted by molar-refractivity contribution is 5.80. The van der Waals surface area contributed by atoms with Crippen molar-refractivity contribution in [3.8, 4) is 0 Å². The van der Waals surface area contributed by atoms with Crippen LogP contribution in [0, 0.1) is 11.8 Å². The molecule has 0 aromatic heterocycles. The lowest BCUT2D eigenvalue weighted by atomic mass is 9.83. The van der Waals surface area contributed by atoms with Crippen molar-refractivity contribution in [1.82, 2.24) is 0 Å². The Morgan fingerprint density at radius 1 is 1.14 bits per heavy atom. The Kier molecular flexibility index (Phi) is 7.83. The van der Waals surface area contributed by atoms with Crippen LogP contribution in [0.25, 0.3) is 0 Å². The van der Waals surface area contributed by atoms with Crippen molar-refractivity contribution in [3.05, 3.63) is 0 Å². The van der Waals surface area contributed by atoms with Crippen LogP contribution in [-0.2, 0) is 4.79 Å². The highest BCUT2D eigenvalue weighted by Crippen LogP contribution is 2.23. The third-order valence-electron chi connectivity index (χ3n) is 3.15. The van der Waals surface area contributed by atoms with E-state index < -0.39 is 0 Å². The lowest BCUT2D eigenvalue weighted by Crippen LogP contribution is -2.20. The number of unbranched alkanes of at least 4 members (excludes halogenated alkanes) is 2. The van der Waals surface area contributed by atoms with Crippen LogP contribution in [0.1, 0.15) is 66.2 Å². The fourth-order valence-corrected chi connectivity index (χ4v) is 2.13. The van der Waals surface area contributed by atoms with E-state index in [4.69, 9.17) is 0 Å². The second-order valence-electron chi connectivity index (χ2n) is 4.31. The molecule has 0 aromatic carbocycles. The normalized spacial score (nSPS) is 15.1. The van der Waals surface area contributed by atoms with Crippen LogP contribution in [0.2, 0.25) is 0 Å². The van der Waals surface area contributed by atoms with Gasteiger partial charge in [-0.25, -0.2) is 0 Å². The van der Waals surface area contributed by atoms with Crippen LogP contribution in [0.4, 0.5) is 0 Å². The molecule has 0 spiro atoms. The van der Waals surface area contributed by atoms with Gasteiger partial charge in [0.1, 0.15) is 5.78 Å². The third-order valence-corrected chi connectivity index (χ3v) is 3.15. The molecule has 0 saturated carbocycles. The van der Waals surface area contributed by atoms with Crippen molar-refractivity contribution < 1.29 is 4.79 Å². The second-order valence-corrected chi connectivity index (χ2v) is 4.31. The van der Waals surface area contributed by atoms with Gasteiger partial charge in [0.25, 0.3) is 0 Å². The number of hydrogen-bond acceptors (Lipinski definition) is 1. The summed E-state index contributed by atoms with van der Waals surface area (Å²) in [4.78, 5) is 11.6. The van der Waals surface area contributed by atoms with Crippen molar-refractivity contribution >= 4 is 5.78 Å². The zero-order chi connectivity index (χ0) is 11.0. The van der Waals surface area contributed by atoms with Crippen LogP contribution in [0.5, 0.6) is 0 Å². The molecule has 0 amide bonds. The Balaban J connectivity index is 3.91. The monoisotopic (exact) mass is 198 g/mol. The van der Waals surface area contributed by atoms with E-state index in [2.05, 4.69) is 20.8 Å². The molecule has 1 heteroatoms. The minimum Gasteiger partial charge on any atom is -0.299 e. The first-order valence-electron chi connectivity index (χ1n) is 6.19. The Morgan fingerprint density at radius 2 is 1.79 bits per heavy atom. The summed E-state index contributed by atoms with van der Waals surface area (Å²) in [5.74, 6) is 1.35. The molecule has 0 aromatic rings. The molecule has 1 nitrogen and oxygen atoms in total. The number of hydrogen-bond donors (Lipinski definition) is 0. The molecular formula is C13H26O. The van der Waals surface area contributed by atoms with Crippen molar-refractivity contribution in [3.63, 3.8) is 0 Å². The lowest BCUT2D eigenvalue weighted by molar-refractivity contribution is -0.124. The van der Waals surface area contributed by atoms with Gasteiger partial charge >= 0.3 is 0 Å². The summed E-state index contributed by atoms with van der Waals surface area (Å²) < 4.78 is 0. The number of ketones is 1. The molecule has 84 valence electrons. The van der Waals surface area contributed by atoms with Crippen molar-refractivity contribution in [2.45, 2.75) is 66.2 Å². The summed E-state index contributed by atoms with van der Waals surface area (Å²) in [6.07, 6.45) is 6.80. The van der Waals surface area contributed by atoms with Gasteiger partial charge in [-0.2, -0.15) is 0 Å². The maximum atomic E-state index is 11.6. The van der Waals surface area contributed by atoms with E-state index in [0.29, 0.717) is 24.0 Å². The summed E-state index contributed by atoms with van der Waals surface area (Å²) >= 11 is 0. The molecule has 0 unspecified atom stereocenters. The first kappa shape index (κ1) is 13.7. The van der Waals surface area contributed by atoms with Gasteiger partial charge in [0.15, 0.2) is 0 Å². The molecule has 0 aliphatic heterocycles. The first-order valence-corrected chi connectivity index (χ1v) is 6.19. The van der Waals surface area contributed by atoms with Crippen LogP contribution in [-0.4, -0.2) is 5.78 Å². The van der Waals surface area contributed by atoms with Gasteiger partial charge in [0.05, 0.1) is 0 Å². The zero-order valence-corrected chi connectivity index (χ0v) is 10.3. The van der Waals surface area contributed by atoms with E-state index >= 15 is 0 Å². The summed E-state index contributed by atoms with van der Waals surface area (Å²) in [6.45, 7) is 8.56. The molecule has 0 rings (SSSR count). The Morgan fingerprint density at radius 3 is 2.21 bits per heavy atom. The average Bonchev–Trinajstić information content (AvgIpc) is 2.19. The van der Waals surface area contributed by atoms with E-state index in [1.807, 2.05) is 6.92 Å². The Hall–Kier alpha value is -0.330. The maximum absolute atomic E-state index is 11.6. The molecule has 0 radical (unpaired) electrons. The third kappa shape index (κ3) is 4.78. The summed E-state index contributed by atoms with van der Waals surface area (Å²) in [5, 5.41) is 0. The minimum atomic E-state index is 0.317. The van der Waals surface area contributed by atoms with Gasteiger partial charge < -0.3 is 0 Å². The minimum absolute atomic E-state index is 0.317. The molecule has 0 aliphatic carbocycles. The number of carbonyl (C=O) groups is 1. The van der Waals surface area contributed by atoms with E-state index in [1.54, 1.807) is 0 Å². The molecule has 0 saturated heterocycles. The van der Waals surface area contributed by atoms with Crippen LogP contribution in [0.3, 0.4) is 0 Å². The fraction of sp³-hybridized carbons (Fsp3) is 0.923. The largest absolute Gasteiger partial charge is 0.299 e. The average molecular weight is 198 g/mol. The standard InChI is InChI=1S/C13H26O/c1-5-8-9-10-11(4)12(6-2)13(14)7-3/h11-12H,5-10H2,1-4H3/t11-,12-/m1/s1. The molecule has 0 aliphatic rings. The van der Waals surface area contributed by atoms with Crippen molar-refractivity contribution in [2.24, 2.45) is 11.8 Å². The fourth-order valence-electron chi connectivity index (χ4n) is 2.13. The number of rotatable bonds is 8. The van der Waals surface area contributed by atoms with E-state index in [9.17, 15) is 4.79 Å². The van der Waals surface area contributed by atoms with E-state index in [0.717, 1.165) is 6.42 Å². The lowest BCUT2D eigenvalue weighted by Gasteiger charge is -2.20. The topological polar surface area (TPSA) is 17.1 Å². The van der Waals surface area contributed by atoms with Gasteiger partial charge in [0, 0.05) is 12.3 Å². The van der Waals surface area contributed by atoms with Gasteiger partial charge in [0.2, 0.25) is 0 Å². The van der Waals surface area contributed by atoms with Gasteiger partial charge in [-0.1, -0.05) is 53.4 Å². The molecule has 0 bridgehead atoms. The van der Waals surface area contributed by atoms with E-state index in [-0.39, 0.29) is 0 Å². The Bertz CT molecular complexity index is 151. The first-order chi connectivity index (χ1) is 6.67. The molecule has 0 fully saturated rings. The predicted octanol–water partition coefficient (Wildman–Crippen LogP) is 4.21. The Labute approximate surface area is 89.3 Å². The van der Waals surface area contributed by atoms with Crippen LogP contribution >= 0.6 is 0 Å².